The quantitative estimate of drug-likeness (QED) is 0.848. The third-order valence-corrected chi connectivity index (χ3v) is 7.59. The minimum absolute atomic E-state index is 0.0548. The van der Waals surface area contributed by atoms with Gasteiger partial charge in [-0.05, 0) is 42.7 Å². The number of carbonyl (C=O) groups is 2. The number of fused-ring (bicyclic) bond motifs is 1. The number of carbonyl (C=O) groups excluding carboxylic acids is 2. The molecular weight excluding hydrogens is 384 g/mol. The lowest BCUT2D eigenvalue weighted by Gasteiger charge is -2.20. The minimum Gasteiger partial charge on any atom is -0.341 e. The molecule has 1 atom stereocenters. The highest BCUT2D eigenvalue weighted by atomic mass is 32.2. The predicted molar refractivity (Wildman–Crippen MR) is 104 cm³/mol. The summed E-state index contributed by atoms with van der Waals surface area (Å²) in [4.78, 5) is 24.2. The summed E-state index contributed by atoms with van der Waals surface area (Å²) in [5.41, 5.74) is 1.90. The average Bonchev–Trinajstić information content (AvgIpc) is 3.28. The SMILES string of the molecule is O=C(N[C@H]1CCSC1=O)c1cccc(S(=O)(=O)N2CCc3ccccc32)c1. The molecule has 0 radical (unpaired) electrons. The van der Waals surface area contributed by atoms with Crippen molar-refractivity contribution in [2.45, 2.75) is 23.8 Å². The number of hydrogen-bond donors (Lipinski definition) is 1. The highest BCUT2D eigenvalue weighted by Gasteiger charge is 2.31. The van der Waals surface area contributed by atoms with Gasteiger partial charge in [0.05, 0.1) is 16.6 Å². The molecular formula is C19H18N2O4S2. The van der Waals surface area contributed by atoms with Gasteiger partial charge in [0.25, 0.3) is 15.9 Å². The Morgan fingerprint density at radius 3 is 2.74 bits per heavy atom. The molecule has 0 saturated carbocycles. The normalized spacial score (nSPS) is 19.2. The number of anilines is 1. The highest BCUT2D eigenvalue weighted by Crippen LogP contribution is 2.32. The van der Waals surface area contributed by atoms with Crippen LogP contribution in [0.4, 0.5) is 5.69 Å². The standard InChI is InChI=1S/C19H18N2O4S2/c22-18(20-16-9-11-26-19(16)23)14-5-3-6-15(12-14)27(24,25)21-10-8-13-4-1-2-7-17(13)21/h1-7,12,16H,8-11H2,(H,20,22)/t16-/m0/s1. The number of rotatable bonds is 4. The van der Waals surface area contributed by atoms with Crippen LogP contribution in [0.1, 0.15) is 22.3 Å². The van der Waals surface area contributed by atoms with Gasteiger partial charge in [0, 0.05) is 17.9 Å². The molecule has 1 fully saturated rings. The fourth-order valence-corrected chi connectivity index (χ4v) is 5.83. The average molecular weight is 402 g/mol. The Morgan fingerprint density at radius 1 is 1.15 bits per heavy atom. The smallest absolute Gasteiger partial charge is 0.264 e. The summed E-state index contributed by atoms with van der Waals surface area (Å²) in [6.45, 7) is 0.381. The maximum absolute atomic E-state index is 13.1. The largest absolute Gasteiger partial charge is 0.341 e. The van der Waals surface area contributed by atoms with E-state index in [-0.39, 0.29) is 15.6 Å². The van der Waals surface area contributed by atoms with Crippen LogP contribution in [0.3, 0.4) is 0 Å². The van der Waals surface area contributed by atoms with E-state index < -0.39 is 22.0 Å². The monoisotopic (exact) mass is 402 g/mol. The first-order valence-electron chi connectivity index (χ1n) is 8.65. The lowest BCUT2D eigenvalue weighted by molar-refractivity contribution is -0.112. The van der Waals surface area contributed by atoms with E-state index in [1.165, 1.54) is 28.2 Å². The number of amides is 1. The first kappa shape index (κ1) is 18.1. The van der Waals surface area contributed by atoms with E-state index in [9.17, 15) is 18.0 Å². The van der Waals surface area contributed by atoms with Gasteiger partial charge in [-0.1, -0.05) is 36.0 Å². The molecule has 2 heterocycles. The van der Waals surface area contributed by atoms with E-state index in [1.54, 1.807) is 18.2 Å². The van der Waals surface area contributed by atoms with Crippen LogP contribution >= 0.6 is 11.8 Å². The molecule has 0 bridgehead atoms. The zero-order valence-electron chi connectivity index (χ0n) is 14.4. The number of para-hydroxylation sites is 1. The summed E-state index contributed by atoms with van der Waals surface area (Å²) < 4.78 is 27.6. The Hall–Kier alpha value is -2.32. The van der Waals surface area contributed by atoms with Crippen LogP contribution in [0.2, 0.25) is 0 Å². The van der Waals surface area contributed by atoms with Gasteiger partial charge < -0.3 is 5.32 Å². The van der Waals surface area contributed by atoms with E-state index in [1.807, 2.05) is 18.2 Å². The molecule has 0 spiro atoms. The number of benzene rings is 2. The Kier molecular flexibility index (Phi) is 4.69. The molecule has 2 aromatic rings. The molecule has 1 amide bonds. The molecule has 0 aromatic heterocycles. The summed E-state index contributed by atoms with van der Waals surface area (Å²) in [5.74, 6) is 0.252. The van der Waals surface area contributed by atoms with Crippen molar-refractivity contribution < 1.29 is 18.0 Å². The van der Waals surface area contributed by atoms with Crippen molar-refractivity contribution in [3.63, 3.8) is 0 Å². The Labute approximate surface area is 162 Å². The van der Waals surface area contributed by atoms with Crippen LogP contribution in [0, 0.1) is 0 Å². The Balaban J connectivity index is 1.60. The first-order valence-corrected chi connectivity index (χ1v) is 11.1. The van der Waals surface area contributed by atoms with E-state index >= 15 is 0 Å². The van der Waals surface area contributed by atoms with Crippen LogP contribution in [-0.4, -0.2) is 37.8 Å². The number of hydrogen-bond acceptors (Lipinski definition) is 5. The Morgan fingerprint density at radius 2 is 1.96 bits per heavy atom. The summed E-state index contributed by atoms with van der Waals surface area (Å²) >= 11 is 1.20. The van der Waals surface area contributed by atoms with Crippen molar-refractivity contribution in [3.8, 4) is 0 Å². The zero-order valence-corrected chi connectivity index (χ0v) is 16.1. The first-order chi connectivity index (χ1) is 13.0. The Bertz CT molecular complexity index is 1020. The third kappa shape index (κ3) is 3.35. The van der Waals surface area contributed by atoms with Crippen molar-refractivity contribution in [2.75, 3.05) is 16.6 Å². The number of nitrogens with one attached hydrogen (secondary N) is 1. The molecule has 27 heavy (non-hydrogen) atoms. The van der Waals surface area contributed by atoms with Crippen LogP contribution in [0.5, 0.6) is 0 Å². The van der Waals surface area contributed by atoms with E-state index in [0.29, 0.717) is 30.8 Å². The fraction of sp³-hybridized carbons (Fsp3) is 0.263. The van der Waals surface area contributed by atoms with Crippen LogP contribution in [0.15, 0.2) is 53.4 Å². The van der Waals surface area contributed by atoms with Gasteiger partial charge in [-0.2, -0.15) is 0 Å². The van der Waals surface area contributed by atoms with Crippen molar-refractivity contribution >= 4 is 38.5 Å². The van der Waals surface area contributed by atoms with E-state index in [2.05, 4.69) is 5.32 Å². The van der Waals surface area contributed by atoms with Crippen LogP contribution < -0.4 is 9.62 Å². The maximum Gasteiger partial charge on any atom is 0.264 e. The molecule has 1 N–H and O–H groups in total. The maximum atomic E-state index is 13.1. The van der Waals surface area contributed by atoms with E-state index in [4.69, 9.17) is 0 Å². The molecule has 6 nitrogen and oxygen atoms in total. The van der Waals surface area contributed by atoms with Gasteiger partial charge in [0.2, 0.25) is 5.12 Å². The van der Waals surface area contributed by atoms with Crippen molar-refractivity contribution in [1.29, 1.82) is 0 Å². The molecule has 4 rings (SSSR count). The summed E-state index contributed by atoms with van der Waals surface area (Å²) in [5, 5.41) is 2.64. The van der Waals surface area contributed by atoms with Gasteiger partial charge in [-0.3, -0.25) is 13.9 Å². The number of sulfonamides is 1. The lowest BCUT2D eigenvalue weighted by Crippen LogP contribution is -2.37. The second-order valence-corrected chi connectivity index (χ2v) is 9.43. The third-order valence-electron chi connectivity index (χ3n) is 4.77. The molecule has 2 aliphatic rings. The lowest BCUT2D eigenvalue weighted by atomic mass is 10.2. The van der Waals surface area contributed by atoms with Gasteiger partial charge in [0.1, 0.15) is 0 Å². The summed E-state index contributed by atoms with van der Waals surface area (Å²) in [6.07, 6.45) is 1.26. The summed E-state index contributed by atoms with van der Waals surface area (Å²) in [6, 6.07) is 12.9. The molecule has 0 unspecified atom stereocenters. The molecule has 1 saturated heterocycles. The summed E-state index contributed by atoms with van der Waals surface area (Å²) in [7, 11) is -3.76. The van der Waals surface area contributed by atoms with Gasteiger partial charge in [-0.15, -0.1) is 0 Å². The van der Waals surface area contributed by atoms with Crippen LogP contribution in [-0.2, 0) is 21.2 Å². The topological polar surface area (TPSA) is 83.5 Å². The molecule has 0 aliphatic carbocycles. The van der Waals surface area contributed by atoms with Crippen molar-refractivity contribution in [2.24, 2.45) is 0 Å². The minimum atomic E-state index is -3.76. The molecule has 2 aromatic carbocycles. The number of nitrogens with zero attached hydrogens (tertiary/aromatic N) is 1. The van der Waals surface area contributed by atoms with Crippen molar-refractivity contribution in [1.82, 2.24) is 5.32 Å². The number of thioether (sulfide) groups is 1. The van der Waals surface area contributed by atoms with E-state index in [0.717, 1.165) is 5.56 Å². The second-order valence-electron chi connectivity index (χ2n) is 6.47. The highest BCUT2D eigenvalue weighted by molar-refractivity contribution is 8.14. The van der Waals surface area contributed by atoms with Crippen LogP contribution in [0.25, 0.3) is 0 Å². The second kappa shape index (κ2) is 7.01. The zero-order chi connectivity index (χ0) is 19.0. The van der Waals surface area contributed by atoms with Gasteiger partial charge in [0.15, 0.2) is 0 Å². The molecule has 140 valence electrons. The van der Waals surface area contributed by atoms with Gasteiger partial charge in [-0.25, -0.2) is 8.42 Å². The predicted octanol–water partition coefficient (Wildman–Crippen LogP) is 2.20. The molecule has 8 heteroatoms. The van der Waals surface area contributed by atoms with Gasteiger partial charge >= 0.3 is 0 Å². The van der Waals surface area contributed by atoms with Crippen molar-refractivity contribution in [3.05, 3.63) is 59.7 Å². The fourth-order valence-electron chi connectivity index (χ4n) is 3.35. The molecule has 2 aliphatic heterocycles.